The molecule has 0 saturated heterocycles. The highest BCUT2D eigenvalue weighted by molar-refractivity contribution is 8.00. The van der Waals surface area contributed by atoms with Crippen LogP contribution in [0, 0.1) is 0 Å². The molecule has 1 aliphatic rings. The minimum atomic E-state index is -0.259. The molecule has 2 aromatic rings. The van der Waals surface area contributed by atoms with Gasteiger partial charge in [0.1, 0.15) is 6.33 Å². The molecule has 1 atom stereocenters. The molecule has 21 heavy (non-hydrogen) atoms. The van der Waals surface area contributed by atoms with E-state index in [-0.39, 0.29) is 11.2 Å². The molecule has 1 fully saturated rings. The Morgan fingerprint density at radius 1 is 1.52 bits per heavy atom. The number of rotatable bonds is 5. The molecule has 1 saturated carbocycles. The predicted molar refractivity (Wildman–Crippen MR) is 83.7 cm³/mol. The van der Waals surface area contributed by atoms with Gasteiger partial charge in [0.05, 0.1) is 5.25 Å². The first-order chi connectivity index (χ1) is 10.1. The number of halogens is 1. The van der Waals surface area contributed by atoms with Gasteiger partial charge in [-0.3, -0.25) is 4.79 Å². The van der Waals surface area contributed by atoms with Gasteiger partial charge in [-0.2, -0.15) is 0 Å². The van der Waals surface area contributed by atoms with Crippen molar-refractivity contribution in [2.24, 2.45) is 0 Å². The average Bonchev–Trinajstić information content (AvgIpc) is 3.19. The van der Waals surface area contributed by atoms with Crippen LogP contribution in [0.3, 0.4) is 0 Å². The summed E-state index contributed by atoms with van der Waals surface area (Å²) in [5.74, 6) is -0.0763. The Balaban J connectivity index is 1.63. The van der Waals surface area contributed by atoms with Crippen LogP contribution in [0.25, 0.3) is 0 Å². The van der Waals surface area contributed by atoms with Gasteiger partial charge >= 0.3 is 0 Å². The normalized spacial score (nSPS) is 15.7. The lowest BCUT2D eigenvalue weighted by molar-refractivity contribution is -0.115. The van der Waals surface area contributed by atoms with Gasteiger partial charge in [0.15, 0.2) is 5.16 Å². The number of hydrogen-bond donors (Lipinski definition) is 1. The Hall–Kier alpha value is -1.53. The number of nitrogens with zero attached hydrogens (tertiary/aromatic N) is 3. The van der Waals surface area contributed by atoms with E-state index < -0.39 is 0 Å². The SMILES string of the molecule is CC(Sc1nncn1C1CC1)C(=O)Nc1cccc(Cl)c1. The Bertz CT molecular complexity index is 656. The molecule has 1 aromatic heterocycles. The third kappa shape index (κ3) is 3.57. The van der Waals surface area contributed by atoms with E-state index in [2.05, 4.69) is 15.5 Å². The predicted octanol–water partition coefficient (Wildman–Crippen LogP) is 3.39. The highest BCUT2D eigenvalue weighted by atomic mass is 35.5. The molecule has 1 aliphatic carbocycles. The monoisotopic (exact) mass is 322 g/mol. The summed E-state index contributed by atoms with van der Waals surface area (Å²) in [7, 11) is 0. The van der Waals surface area contributed by atoms with Gasteiger partial charge in [-0.1, -0.05) is 29.4 Å². The molecule has 1 aromatic carbocycles. The summed E-state index contributed by atoms with van der Waals surface area (Å²) in [5.41, 5.74) is 0.698. The number of carbonyl (C=O) groups excluding carboxylic acids is 1. The Morgan fingerprint density at radius 3 is 3.05 bits per heavy atom. The van der Waals surface area contributed by atoms with Crippen LogP contribution in [0.2, 0.25) is 5.02 Å². The third-order valence-corrected chi connectivity index (χ3v) is 4.53. The summed E-state index contributed by atoms with van der Waals surface area (Å²) in [6, 6.07) is 7.62. The second-order valence-corrected chi connectivity index (χ2v) is 6.76. The lowest BCUT2D eigenvalue weighted by atomic mass is 10.3. The summed E-state index contributed by atoms with van der Waals surface area (Å²) in [6.45, 7) is 1.86. The Labute approximate surface area is 132 Å². The van der Waals surface area contributed by atoms with Gasteiger partial charge in [-0.25, -0.2) is 0 Å². The topological polar surface area (TPSA) is 59.8 Å². The second-order valence-electron chi connectivity index (χ2n) is 5.01. The standard InChI is InChI=1S/C14H15ClN4OS/c1-9(13(20)17-11-4-2-3-10(15)7-11)21-14-18-16-8-19(14)12-5-6-12/h2-4,7-9,12H,5-6H2,1H3,(H,17,20). The quantitative estimate of drug-likeness (QED) is 0.857. The van der Waals surface area contributed by atoms with E-state index in [1.807, 2.05) is 17.6 Å². The molecule has 0 spiro atoms. The maximum Gasteiger partial charge on any atom is 0.237 e. The van der Waals surface area contributed by atoms with Crippen molar-refractivity contribution in [3.05, 3.63) is 35.6 Å². The number of anilines is 1. The maximum absolute atomic E-state index is 12.2. The third-order valence-electron chi connectivity index (χ3n) is 3.22. The summed E-state index contributed by atoms with van der Waals surface area (Å²) in [6.07, 6.45) is 4.06. The van der Waals surface area contributed by atoms with Crippen molar-refractivity contribution in [1.29, 1.82) is 0 Å². The number of carbonyl (C=O) groups is 1. The van der Waals surface area contributed by atoms with Gasteiger partial charge in [0, 0.05) is 16.8 Å². The Morgan fingerprint density at radius 2 is 2.33 bits per heavy atom. The largest absolute Gasteiger partial charge is 0.325 e. The zero-order valence-corrected chi connectivity index (χ0v) is 13.1. The summed E-state index contributed by atoms with van der Waals surface area (Å²) < 4.78 is 2.05. The second kappa shape index (κ2) is 6.07. The van der Waals surface area contributed by atoms with Crippen molar-refractivity contribution in [2.45, 2.75) is 36.2 Å². The van der Waals surface area contributed by atoms with Crippen LogP contribution in [-0.4, -0.2) is 25.9 Å². The van der Waals surface area contributed by atoms with Crippen molar-refractivity contribution >= 4 is 35.0 Å². The summed E-state index contributed by atoms with van der Waals surface area (Å²) in [5, 5.41) is 12.0. The van der Waals surface area contributed by atoms with E-state index >= 15 is 0 Å². The van der Waals surface area contributed by atoms with E-state index in [9.17, 15) is 4.79 Å². The first-order valence-corrected chi connectivity index (χ1v) is 8.02. The lowest BCUT2D eigenvalue weighted by Crippen LogP contribution is -2.22. The van der Waals surface area contributed by atoms with Crippen LogP contribution in [0.4, 0.5) is 5.69 Å². The molecule has 7 heteroatoms. The molecular formula is C14H15ClN4OS. The summed E-state index contributed by atoms with van der Waals surface area (Å²) >= 11 is 7.33. The van der Waals surface area contributed by atoms with Crippen LogP contribution < -0.4 is 5.32 Å². The number of thioether (sulfide) groups is 1. The molecule has 110 valence electrons. The first kappa shape index (κ1) is 14.4. The van der Waals surface area contributed by atoms with E-state index in [0.29, 0.717) is 16.8 Å². The van der Waals surface area contributed by atoms with Crippen molar-refractivity contribution < 1.29 is 4.79 Å². The van der Waals surface area contributed by atoms with Crippen LogP contribution in [0.5, 0.6) is 0 Å². The van der Waals surface area contributed by atoms with Crippen LogP contribution in [-0.2, 0) is 4.79 Å². The van der Waals surface area contributed by atoms with Gasteiger partial charge < -0.3 is 9.88 Å². The molecule has 0 aliphatic heterocycles. The highest BCUT2D eigenvalue weighted by Gasteiger charge is 2.27. The smallest absolute Gasteiger partial charge is 0.237 e. The number of aromatic nitrogens is 3. The van der Waals surface area contributed by atoms with Gasteiger partial charge in [0.25, 0.3) is 0 Å². The van der Waals surface area contributed by atoms with Crippen molar-refractivity contribution in [3.8, 4) is 0 Å². The fourth-order valence-electron chi connectivity index (χ4n) is 1.94. The minimum Gasteiger partial charge on any atom is -0.325 e. The van der Waals surface area contributed by atoms with Crippen molar-refractivity contribution in [1.82, 2.24) is 14.8 Å². The molecule has 3 rings (SSSR count). The molecule has 5 nitrogen and oxygen atoms in total. The minimum absolute atomic E-state index is 0.0763. The molecule has 1 N–H and O–H groups in total. The molecule has 0 bridgehead atoms. The van der Waals surface area contributed by atoms with Crippen LogP contribution in [0.15, 0.2) is 35.7 Å². The fourth-order valence-corrected chi connectivity index (χ4v) is 3.03. The summed E-state index contributed by atoms with van der Waals surface area (Å²) in [4.78, 5) is 12.2. The van der Waals surface area contributed by atoms with E-state index in [4.69, 9.17) is 11.6 Å². The van der Waals surface area contributed by atoms with Crippen molar-refractivity contribution in [3.63, 3.8) is 0 Å². The van der Waals surface area contributed by atoms with Gasteiger partial charge in [-0.05, 0) is 38.0 Å². The fraction of sp³-hybridized carbons (Fsp3) is 0.357. The van der Waals surface area contributed by atoms with Crippen LogP contribution in [0.1, 0.15) is 25.8 Å². The molecular weight excluding hydrogens is 308 g/mol. The number of benzene rings is 1. The molecule has 0 radical (unpaired) electrons. The van der Waals surface area contributed by atoms with E-state index in [0.717, 1.165) is 18.0 Å². The lowest BCUT2D eigenvalue weighted by Gasteiger charge is -2.12. The number of nitrogens with one attached hydrogen (secondary N) is 1. The number of amides is 1. The molecule has 1 amide bonds. The first-order valence-electron chi connectivity index (χ1n) is 6.76. The Kier molecular flexibility index (Phi) is 4.17. The van der Waals surface area contributed by atoms with E-state index in [1.165, 1.54) is 11.8 Å². The highest BCUT2D eigenvalue weighted by Crippen LogP contribution is 2.38. The van der Waals surface area contributed by atoms with Crippen LogP contribution >= 0.6 is 23.4 Å². The van der Waals surface area contributed by atoms with Gasteiger partial charge in [-0.15, -0.1) is 10.2 Å². The van der Waals surface area contributed by atoms with Crippen molar-refractivity contribution in [2.75, 3.05) is 5.32 Å². The van der Waals surface area contributed by atoms with E-state index in [1.54, 1.807) is 24.5 Å². The molecule has 1 heterocycles. The molecule has 1 unspecified atom stereocenters. The zero-order valence-electron chi connectivity index (χ0n) is 11.5. The number of hydrogen-bond acceptors (Lipinski definition) is 4. The average molecular weight is 323 g/mol. The zero-order chi connectivity index (χ0) is 14.8. The maximum atomic E-state index is 12.2. The van der Waals surface area contributed by atoms with Gasteiger partial charge in [0.2, 0.25) is 5.91 Å².